The largest absolute Gasteiger partial charge is 0.396 e. The first kappa shape index (κ1) is 16.3. The molecule has 0 bridgehead atoms. The molecule has 1 aromatic rings. The van der Waals surface area contributed by atoms with E-state index in [1.807, 2.05) is 6.92 Å². The Kier molecular flexibility index (Phi) is 5.65. The summed E-state index contributed by atoms with van der Waals surface area (Å²) in [6.45, 7) is 2.11. The van der Waals surface area contributed by atoms with Crippen LogP contribution in [0.4, 0.5) is 4.39 Å². The minimum absolute atomic E-state index is 0.0228. The van der Waals surface area contributed by atoms with Crippen LogP contribution >= 0.6 is 11.8 Å². The van der Waals surface area contributed by atoms with Crippen LogP contribution in [-0.2, 0) is 4.79 Å². The van der Waals surface area contributed by atoms with E-state index in [2.05, 4.69) is 5.32 Å². The van der Waals surface area contributed by atoms with Crippen LogP contribution in [0.2, 0.25) is 0 Å². The second-order valence-electron chi connectivity index (χ2n) is 5.85. The van der Waals surface area contributed by atoms with Gasteiger partial charge in [0.25, 0.3) is 0 Å². The fourth-order valence-corrected chi connectivity index (χ4v) is 3.64. The lowest BCUT2D eigenvalue weighted by Gasteiger charge is -2.30. The summed E-state index contributed by atoms with van der Waals surface area (Å²) in [5, 5.41) is 12.5. The van der Waals surface area contributed by atoms with Gasteiger partial charge in [0.15, 0.2) is 0 Å². The molecule has 0 radical (unpaired) electrons. The number of thioether (sulfide) groups is 1. The number of halogens is 1. The molecule has 0 spiro atoms. The molecule has 1 aliphatic carbocycles. The number of carbonyl (C=O) groups is 1. The molecule has 0 heterocycles. The van der Waals surface area contributed by atoms with Gasteiger partial charge in [-0.25, -0.2) is 4.39 Å². The molecule has 0 aliphatic heterocycles. The summed E-state index contributed by atoms with van der Waals surface area (Å²) in [7, 11) is 0. The predicted octanol–water partition coefficient (Wildman–Crippen LogP) is 2.98. The molecule has 1 aromatic carbocycles. The number of benzene rings is 1. The Morgan fingerprint density at radius 2 is 2.29 bits per heavy atom. The Balaban J connectivity index is 1.77. The monoisotopic (exact) mass is 311 g/mol. The van der Waals surface area contributed by atoms with Crippen LogP contribution in [0, 0.1) is 11.2 Å². The Morgan fingerprint density at radius 1 is 1.52 bits per heavy atom. The molecular formula is C16H22FNO2S. The van der Waals surface area contributed by atoms with E-state index in [-0.39, 0.29) is 29.8 Å². The molecule has 2 atom stereocenters. The van der Waals surface area contributed by atoms with Crippen LogP contribution in [0.5, 0.6) is 0 Å². The first-order valence-electron chi connectivity index (χ1n) is 7.33. The van der Waals surface area contributed by atoms with Crippen LogP contribution in [0.15, 0.2) is 29.2 Å². The number of amides is 1. The first-order valence-corrected chi connectivity index (χ1v) is 8.31. The molecular weight excluding hydrogens is 289 g/mol. The molecule has 1 fully saturated rings. The fraction of sp³-hybridized carbons (Fsp3) is 0.562. The van der Waals surface area contributed by atoms with E-state index in [9.17, 15) is 14.3 Å². The van der Waals surface area contributed by atoms with E-state index in [1.165, 1.54) is 17.8 Å². The van der Waals surface area contributed by atoms with Crippen molar-refractivity contribution >= 4 is 17.7 Å². The number of carbonyl (C=O) groups excluding carboxylic acids is 1. The zero-order valence-corrected chi connectivity index (χ0v) is 13.1. The molecule has 21 heavy (non-hydrogen) atoms. The van der Waals surface area contributed by atoms with Gasteiger partial charge in [-0.15, -0.1) is 11.8 Å². The highest BCUT2D eigenvalue weighted by Gasteiger charge is 2.38. The Bertz CT molecular complexity index is 497. The number of aliphatic hydroxyl groups is 1. The van der Waals surface area contributed by atoms with Gasteiger partial charge in [0.2, 0.25) is 5.91 Å². The zero-order chi connectivity index (χ0) is 15.3. The SMILES string of the molecule is CC1(CO)CCCC1NC(=O)CCSc1ccccc1F. The Labute approximate surface area is 129 Å². The summed E-state index contributed by atoms with van der Waals surface area (Å²) in [6, 6.07) is 6.64. The summed E-state index contributed by atoms with van der Waals surface area (Å²) in [4.78, 5) is 12.6. The van der Waals surface area contributed by atoms with Crippen molar-refractivity contribution in [1.29, 1.82) is 0 Å². The number of aliphatic hydroxyl groups excluding tert-OH is 1. The minimum atomic E-state index is -0.244. The van der Waals surface area contributed by atoms with Gasteiger partial charge >= 0.3 is 0 Å². The third-order valence-electron chi connectivity index (χ3n) is 4.20. The van der Waals surface area contributed by atoms with Crippen molar-refractivity contribution in [2.45, 2.75) is 43.5 Å². The predicted molar refractivity (Wildman–Crippen MR) is 82.7 cm³/mol. The van der Waals surface area contributed by atoms with E-state index >= 15 is 0 Å². The number of hydrogen-bond donors (Lipinski definition) is 2. The topological polar surface area (TPSA) is 49.3 Å². The second-order valence-corrected chi connectivity index (χ2v) is 6.99. The van der Waals surface area contributed by atoms with Gasteiger partial charge in [0, 0.05) is 28.5 Å². The number of hydrogen-bond acceptors (Lipinski definition) is 3. The van der Waals surface area contributed by atoms with Crippen molar-refractivity contribution in [2.24, 2.45) is 5.41 Å². The van der Waals surface area contributed by atoms with Crippen LogP contribution in [0.25, 0.3) is 0 Å². The van der Waals surface area contributed by atoms with Crippen molar-refractivity contribution < 1.29 is 14.3 Å². The van der Waals surface area contributed by atoms with Gasteiger partial charge in [0.1, 0.15) is 5.82 Å². The maximum absolute atomic E-state index is 13.4. The van der Waals surface area contributed by atoms with Gasteiger partial charge in [-0.1, -0.05) is 25.5 Å². The third kappa shape index (κ3) is 4.20. The molecule has 116 valence electrons. The lowest BCUT2D eigenvalue weighted by molar-refractivity contribution is -0.122. The van der Waals surface area contributed by atoms with Gasteiger partial charge in [-0.2, -0.15) is 0 Å². The van der Waals surface area contributed by atoms with Crippen LogP contribution < -0.4 is 5.32 Å². The van der Waals surface area contributed by atoms with E-state index in [0.717, 1.165) is 19.3 Å². The van der Waals surface area contributed by atoms with Crippen molar-refractivity contribution in [2.75, 3.05) is 12.4 Å². The van der Waals surface area contributed by atoms with Gasteiger partial charge < -0.3 is 10.4 Å². The van der Waals surface area contributed by atoms with Gasteiger partial charge in [0.05, 0.1) is 6.61 Å². The fourth-order valence-electron chi connectivity index (χ4n) is 2.75. The van der Waals surface area contributed by atoms with Crippen LogP contribution in [-0.4, -0.2) is 29.4 Å². The molecule has 2 rings (SSSR count). The van der Waals surface area contributed by atoms with Crippen molar-refractivity contribution in [3.63, 3.8) is 0 Å². The summed E-state index contributed by atoms with van der Waals surface area (Å²) < 4.78 is 13.4. The molecule has 2 unspecified atom stereocenters. The third-order valence-corrected chi connectivity index (χ3v) is 5.25. The van der Waals surface area contributed by atoms with E-state index in [4.69, 9.17) is 0 Å². The molecule has 2 N–H and O–H groups in total. The molecule has 1 aliphatic rings. The van der Waals surface area contributed by atoms with Crippen molar-refractivity contribution in [3.8, 4) is 0 Å². The van der Waals surface area contributed by atoms with Crippen LogP contribution in [0.3, 0.4) is 0 Å². The van der Waals surface area contributed by atoms with E-state index in [0.29, 0.717) is 17.1 Å². The highest BCUT2D eigenvalue weighted by atomic mass is 32.2. The lowest BCUT2D eigenvalue weighted by atomic mass is 9.86. The highest BCUT2D eigenvalue weighted by Crippen LogP contribution is 2.37. The normalized spacial score (nSPS) is 25.0. The minimum Gasteiger partial charge on any atom is -0.396 e. The summed E-state index contributed by atoms with van der Waals surface area (Å²) in [5.74, 6) is 0.284. The summed E-state index contributed by atoms with van der Waals surface area (Å²) in [6.07, 6.45) is 3.25. The van der Waals surface area contributed by atoms with Gasteiger partial charge in [-0.05, 0) is 25.0 Å². The quantitative estimate of drug-likeness (QED) is 0.794. The number of rotatable bonds is 6. The first-order chi connectivity index (χ1) is 10.0. The molecule has 0 aromatic heterocycles. The molecule has 1 amide bonds. The van der Waals surface area contributed by atoms with Gasteiger partial charge in [-0.3, -0.25) is 4.79 Å². The molecule has 5 heteroatoms. The molecule has 3 nitrogen and oxygen atoms in total. The second kappa shape index (κ2) is 7.27. The lowest BCUT2D eigenvalue weighted by Crippen LogP contribution is -2.44. The van der Waals surface area contributed by atoms with E-state index < -0.39 is 0 Å². The average Bonchev–Trinajstić information content (AvgIpc) is 2.83. The number of nitrogens with one attached hydrogen (secondary N) is 1. The maximum atomic E-state index is 13.4. The molecule has 0 saturated heterocycles. The molecule has 1 saturated carbocycles. The van der Waals surface area contributed by atoms with Crippen molar-refractivity contribution in [3.05, 3.63) is 30.1 Å². The summed E-state index contributed by atoms with van der Waals surface area (Å²) in [5.41, 5.74) is -0.200. The zero-order valence-electron chi connectivity index (χ0n) is 12.3. The van der Waals surface area contributed by atoms with Crippen molar-refractivity contribution in [1.82, 2.24) is 5.32 Å². The Morgan fingerprint density at radius 3 is 3.00 bits per heavy atom. The maximum Gasteiger partial charge on any atom is 0.221 e. The summed E-state index contributed by atoms with van der Waals surface area (Å²) >= 11 is 1.35. The average molecular weight is 311 g/mol. The standard InChI is InChI=1S/C16H22FNO2S/c1-16(11-19)9-4-7-14(16)18-15(20)8-10-21-13-6-3-2-5-12(13)17/h2-3,5-6,14,19H,4,7-11H2,1H3,(H,18,20). The van der Waals surface area contributed by atoms with Crippen LogP contribution in [0.1, 0.15) is 32.6 Å². The van der Waals surface area contributed by atoms with E-state index in [1.54, 1.807) is 18.2 Å². The Hall–Kier alpha value is -1.07. The highest BCUT2D eigenvalue weighted by molar-refractivity contribution is 7.99. The smallest absolute Gasteiger partial charge is 0.221 e.